The maximum atomic E-state index is 13.4. The van der Waals surface area contributed by atoms with Crippen LogP contribution in [0.1, 0.15) is 36.9 Å². The number of hydrogen-bond acceptors (Lipinski definition) is 5. The standard InChI is InChI=1S/C21H27F3N6O/c22-21(23,24)15-3-1-2-4-17(15)28-19(31)13-11-29(12-13)20-14-5-8-25-9-6-16(14)27-18-7-10-26-30(18)20/h7,10,13,15,17,25H,1-6,8-9,11-12H2,(H,28,31). The van der Waals surface area contributed by atoms with E-state index in [4.69, 9.17) is 4.98 Å². The van der Waals surface area contributed by atoms with Gasteiger partial charge in [-0.1, -0.05) is 12.8 Å². The zero-order valence-corrected chi connectivity index (χ0v) is 17.3. The van der Waals surface area contributed by atoms with E-state index in [1.807, 2.05) is 10.6 Å². The molecule has 2 aromatic rings. The average Bonchev–Trinajstić information content (AvgIpc) is 3.02. The fourth-order valence-corrected chi connectivity index (χ4v) is 5.15. The fraction of sp³-hybridized carbons (Fsp3) is 0.667. The number of aromatic nitrogens is 3. The minimum absolute atomic E-state index is 0.0969. The third kappa shape index (κ3) is 3.86. The van der Waals surface area contributed by atoms with Crippen LogP contribution in [0.5, 0.6) is 0 Å². The molecular weight excluding hydrogens is 409 g/mol. The lowest BCUT2D eigenvalue weighted by Crippen LogP contribution is -2.58. The molecule has 0 aromatic carbocycles. The summed E-state index contributed by atoms with van der Waals surface area (Å²) in [5.41, 5.74) is 2.97. The Morgan fingerprint density at radius 2 is 1.94 bits per heavy atom. The quantitative estimate of drug-likeness (QED) is 0.771. The van der Waals surface area contributed by atoms with Gasteiger partial charge in [-0.25, -0.2) is 4.98 Å². The van der Waals surface area contributed by atoms with Crippen LogP contribution in [0.25, 0.3) is 5.65 Å². The zero-order valence-electron chi connectivity index (χ0n) is 17.3. The molecule has 2 fully saturated rings. The number of alkyl halides is 3. The highest BCUT2D eigenvalue weighted by Crippen LogP contribution is 2.38. The summed E-state index contributed by atoms with van der Waals surface area (Å²) in [6.45, 7) is 2.69. The van der Waals surface area contributed by atoms with Crippen molar-refractivity contribution >= 4 is 17.4 Å². The molecule has 0 radical (unpaired) electrons. The van der Waals surface area contributed by atoms with E-state index in [-0.39, 0.29) is 18.2 Å². The predicted molar refractivity (Wildman–Crippen MR) is 109 cm³/mol. The topological polar surface area (TPSA) is 74.6 Å². The minimum atomic E-state index is -4.27. The van der Waals surface area contributed by atoms with Gasteiger partial charge >= 0.3 is 6.18 Å². The molecule has 1 amide bonds. The highest BCUT2D eigenvalue weighted by molar-refractivity contribution is 5.82. The van der Waals surface area contributed by atoms with Gasteiger partial charge < -0.3 is 15.5 Å². The van der Waals surface area contributed by atoms with Crippen molar-refractivity contribution in [2.24, 2.45) is 11.8 Å². The van der Waals surface area contributed by atoms with Crippen molar-refractivity contribution in [2.75, 3.05) is 31.1 Å². The van der Waals surface area contributed by atoms with Crippen molar-refractivity contribution in [1.82, 2.24) is 25.2 Å². The molecule has 0 spiro atoms. The van der Waals surface area contributed by atoms with E-state index in [2.05, 4.69) is 20.6 Å². The number of carbonyl (C=O) groups excluding carboxylic acids is 1. The van der Waals surface area contributed by atoms with E-state index < -0.39 is 18.1 Å². The lowest BCUT2D eigenvalue weighted by atomic mass is 9.83. The van der Waals surface area contributed by atoms with Gasteiger partial charge in [-0.2, -0.15) is 22.8 Å². The second kappa shape index (κ2) is 7.96. The average molecular weight is 436 g/mol. The molecule has 2 aromatic heterocycles. The lowest BCUT2D eigenvalue weighted by molar-refractivity contribution is -0.189. The summed E-state index contributed by atoms with van der Waals surface area (Å²) in [4.78, 5) is 19.6. The molecule has 3 aliphatic rings. The third-order valence-electron chi connectivity index (χ3n) is 6.85. The molecule has 4 heterocycles. The molecule has 10 heteroatoms. The van der Waals surface area contributed by atoms with Gasteiger partial charge in [0, 0.05) is 43.7 Å². The number of amides is 1. The summed E-state index contributed by atoms with van der Waals surface area (Å²) in [7, 11) is 0. The van der Waals surface area contributed by atoms with Crippen molar-refractivity contribution in [1.29, 1.82) is 0 Å². The molecule has 7 nitrogen and oxygen atoms in total. The number of carbonyl (C=O) groups is 1. The summed E-state index contributed by atoms with van der Waals surface area (Å²) in [5.74, 6) is -1.05. The van der Waals surface area contributed by atoms with E-state index >= 15 is 0 Å². The smallest absolute Gasteiger partial charge is 0.354 e. The summed E-state index contributed by atoms with van der Waals surface area (Å²) in [6, 6.07) is 1.06. The van der Waals surface area contributed by atoms with Crippen molar-refractivity contribution in [3.63, 3.8) is 0 Å². The normalized spacial score (nSPS) is 25.1. The van der Waals surface area contributed by atoms with Crippen molar-refractivity contribution in [2.45, 2.75) is 50.7 Å². The Morgan fingerprint density at radius 1 is 1.16 bits per heavy atom. The van der Waals surface area contributed by atoms with Crippen molar-refractivity contribution in [3.8, 4) is 0 Å². The molecule has 5 rings (SSSR count). The van der Waals surface area contributed by atoms with Crippen LogP contribution in [-0.4, -0.2) is 58.9 Å². The Kier molecular flexibility index (Phi) is 5.27. The van der Waals surface area contributed by atoms with Crippen LogP contribution in [0.3, 0.4) is 0 Å². The Bertz CT molecular complexity index is 968. The van der Waals surface area contributed by atoms with E-state index in [9.17, 15) is 18.0 Å². The van der Waals surface area contributed by atoms with E-state index in [0.717, 1.165) is 55.1 Å². The summed E-state index contributed by atoms with van der Waals surface area (Å²) >= 11 is 0. The van der Waals surface area contributed by atoms with Gasteiger partial charge in [0.15, 0.2) is 5.65 Å². The summed E-state index contributed by atoms with van der Waals surface area (Å²) in [6.07, 6.45) is 0.897. The zero-order chi connectivity index (χ0) is 21.6. The van der Waals surface area contributed by atoms with Crippen LogP contribution >= 0.6 is 0 Å². The maximum absolute atomic E-state index is 13.4. The van der Waals surface area contributed by atoms with E-state index in [0.29, 0.717) is 25.9 Å². The van der Waals surface area contributed by atoms with E-state index in [1.54, 1.807) is 6.20 Å². The first-order chi connectivity index (χ1) is 14.9. The molecule has 0 bridgehead atoms. The molecule has 2 N–H and O–H groups in total. The first kappa shape index (κ1) is 20.5. The summed E-state index contributed by atoms with van der Waals surface area (Å²) in [5, 5.41) is 10.5. The maximum Gasteiger partial charge on any atom is 0.393 e. The Hall–Kier alpha value is -2.36. The lowest BCUT2D eigenvalue weighted by Gasteiger charge is -2.42. The van der Waals surface area contributed by atoms with Gasteiger partial charge in [-0.05, 0) is 25.8 Å². The molecule has 2 atom stereocenters. The van der Waals surface area contributed by atoms with Crippen LogP contribution in [0.2, 0.25) is 0 Å². The molecule has 168 valence electrons. The molecule has 1 saturated heterocycles. The van der Waals surface area contributed by atoms with Crippen molar-refractivity contribution in [3.05, 3.63) is 23.5 Å². The van der Waals surface area contributed by atoms with Gasteiger partial charge in [0.05, 0.1) is 23.7 Å². The Balaban J connectivity index is 1.31. The predicted octanol–water partition coefficient (Wildman–Crippen LogP) is 2.09. The first-order valence-electron chi connectivity index (χ1n) is 11.1. The largest absolute Gasteiger partial charge is 0.393 e. The monoisotopic (exact) mass is 436 g/mol. The van der Waals surface area contributed by atoms with Crippen LogP contribution in [0.15, 0.2) is 12.3 Å². The number of fused-ring (bicyclic) bond motifs is 2. The van der Waals surface area contributed by atoms with Crippen molar-refractivity contribution < 1.29 is 18.0 Å². The molecular formula is C21H27F3N6O. The van der Waals surface area contributed by atoms with Gasteiger partial charge in [0.2, 0.25) is 5.91 Å². The Morgan fingerprint density at radius 3 is 2.74 bits per heavy atom. The number of nitrogens with zero attached hydrogens (tertiary/aromatic N) is 4. The molecule has 1 aliphatic carbocycles. The van der Waals surface area contributed by atoms with Crippen LogP contribution in [-0.2, 0) is 17.6 Å². The third-order valence-corrected chi connectivity index (χ3v) is 6.85. The van der Waals surface area contributed by atoms with Gasteiger partial charge in [0.1, 0.15) is 5.82 Å². The number of nitrogens with one attached hydrogen (secondary N) is 2. The highest BCUT2D eigenvalue weighted by atomic mass is 19.4. The van der Waals surface area contributed by atoms with Gasteiger partial charge in [-0.3, -0.25) is 4.79 Å². The number of anilines is 1. The first-order valence-corrected chi connectivity index (χ1v) is 11.1. The SMILES string of the molecule is O=C(NC1CCCCC1C(F)(F)F)C1CN(c2c3c(nc4ccnn24)CCNCC3)C1. The van der Waals surface area contributed by atoms with Gasteiger partial charge in [0.25, 0.3) is 0 Å². The summed E-state index contributed by atoms with van der Waals surface area (Å²) < 4.78 is 41.9. The number of rotatable bonds is 3. The minimum Gasteiger partial charge on any atom is -0.354 e. The fourth-order valence-electron chi connectivity index (χ4n) is 5.15. The molecule has 2 unspecified atom stereocenters. The van der Waals surface area contributed by atoms with Gasteiger partial charge in [-0.15, -0.1) is 0 Å². The second-order valence-electron chi connectivity index (χ2n) is 8.86. The van der Waals surface area contributed by atoms with Crippen LogP contribution < -0.4 is 15.5 Å². The molecule has 1 saturated carbocycles. The molecule has 31 heavy (non-hydrogen) atoms. The van der Waals surface area contributed by atoms with Crippen LogP contribution in [0.4, 0.5) is 19.0 Å². The number of halogens is 3. The second-order valence-corrected chi connectivity index (χ2v) is 8.86. The van der Waals surface area contributed by atoms with E-state index in [1.165, 1.54) is 0 Å². The number of hydrogen-bond donors (Lipinski definition) is 2. The van der Waals surface area contributed by atoms with Crippen LogP contribution in [0, 0.1) is 11.8 Å². The Labute approximate surface area is 178 Å². The molecule has 2 aliphatic heterocycles. The highest BCUT2D eigenvalue weighted by Gasteiger charge is 2.47.